The molecule has 0 aromatic rings. The summed E-state index contributed by atoms with van der Waals surface area (Å²) in [6, 6.07) is 0. The monoisotopic (exact) mass is 210 g/mol. The number of rotatable bonds is 2. The fraction of sp³-hybridized carbons (Fsp3) is 0.455. The summed E-state index contributed by atoms with van der Waals surface area (Å²) in [7, 11) is 2.60. The predicted molar refractivity (Wildman–Crippen MR) is 54.0 cm³/mol. The average Bonchev–Trinajstić information content (AvgIpc) is 2.26. The summed E-state index contributed by atoms with van der Waals surface area (Å²) in [5.41, 5.74) is 1.19. The number of allylic oxidation sites excluding steroid dienone is 2. The van der Waals surface area contributed by atoms with Gasteiger partial charge in [0.05, 0.1) is 19.8 Å². The molecule has 0 saturated heterocycles. The van der Waals surface area contributed by atoms with Crippen molar-refractivity contribution in [2.24, 2.45) is 5.92 Å². The molecule has 0 heterocycles. The van der Waals surface area contributed by atoms with E-state index in [9.17, 15) is 9.59 Å². The Morgan fingerprint density at radius 2 is 1.93 bits per heavy atom. The minimum atomic E-state index is -0.615. The molecule has 1 aliphatic carbocycles. The number of hydrogen-bond donors (Lipinski definition) is 0. The summed E-state index contributed by atoms with van der Waals surface area (Å²) < 4.78 is 9.28. The largest absolute Gasteiger partial charge is 0.468 e. The van der Waals surface area contributed by atoms with Crippen LogP contribution in [0.1, 0.15) is 13.3 Å². The third-order valence-electron chi connectivity index (χ3n) is 2.40. The summed E-state index contributed by atoms with van der Waals surface area (Å²) in [5, 5.41) is 0. The maximum atomic E-state index is 11.5. The van der Waals surface area contributed by atoms with Crippen LogP contribution in [0.5, 0.6) is 0 Å². The molecule has 1 atom stereocenters. The van der Waals surface area contributed by atoms with E-state index < -0.39 is 17.9 Å². The number of ether oxygens (including phenoxy) is 2. The van der Waals surface area contributed by atoms with Crippen molar-refractivity contribution >= 4 is 11.9 Å². The molecule has 15 heavy (non-hydrogen) atoms. The van der Waals surface area contributed by atoms with Crippen LogP contribution in [0.2, 0.25) is 0 Å². The molecule has 0 fully saturated rings. The summed E-state index contributed by atoms with van der Waals surface area (Å²) in [6.07, 6.45) is 4.23. The first-order valence-electron chi connectivity index (χ1n) is 4.64. The van der Waals surface area contributed by atoms with Crippen molar-refractivity contribution in [3.63, 3.8) is 0 Å². The quantitative estimate of drug-likeness (QED) is 0.508. The molecular weight excluding hydrogens is 196 g/mol. The minimum Gasteiger partial charge on any atom is -0.468 e. The van der Waals surface area contributed by atoms with Crippen LogP contribution in [0, 0.1) is 5.92 Å². The summed E-state index contributed by atoms with van der Waals surface area (Å²) in [4.78, 5) is 22.9. The Hall–Kier alpha value is -1.58. The Morgan fingerprint density at radius 3 is 2.47 bits per heavy atom. The SMILES string of the molecule is COC(=O)C1=CCC=C(C)C1C(=O)OC. The Bertz CT molecular complexity index is 338. The molecule has 1 aliphatic rings. The molecule has 0 amide bonds. The maximum Gasteiger partial charge on any atom is 0.334 e. The van der Waals surface area contributed by atoms with Gasteiger partial charge < -0.3 is 9.47 Å². The minimum absolute atomic E-state index is 0.365. The zero-order valence-corrected chi connectivity index (χ0v) is 9.07. The van der Waals surface area contributed by atoms with Gasteiger partial charge in [0, 0.05) is 0 Å². The van der Waals surface area contributed by atoms with E-state index >= 15 is 0 Å². The first kappa shape index (κ1) is 11.5. The van der Waals surface area contributed by atoms with Crippen molar-refractivity contribution in [1.82, 2.24) is 0 Å². The van der Waals surface area contributed by atoms with E-state index in [1.54, 1.807) is 13.0 Å². The zero-order chi connectivity index (χ0) is 11.4. The van der Waals surface area contributed by atoms with E-state index in [4.69, 9.17) is 0 Å². The molecule has 4 heteroatoms. The Labute approximate surface area is 88.6 Å². The van der Waals surface area contributed by atoms with Gasteiger partial charge in [-0.1, -0.05) is 17.7 Å². The van der Waals surface area contributed by atoms with Crippen LogP contribution in [0.4, 0.5) is 0 Å². The van der Waals surface area contributed by atoms with Gasteiger partial charge in [0.2, 0.25) is 0 Å². The van der Waals surface area contributed by atoms with Gasteiger partial charge in [0.1, 0.15) is 5.92 Å². The number of methoxy groups -OCH3 is 2. The van der Waals surface area contributed by atoms with Crippen molar-refractivity contribution in [1.29, 1.82) is 0 Å². The highest BCUT2D eigenvalue weighted by atomic mass is 16.5. The van der Waals surface area contributed by atoms with Crippen LogP contribution in [0.15, 0.2) is 23.3 Å². The van der Waals surface area contributed by atoms with Crippen LogP contribution in [0.25, 0.3) is 0 Å². The average molecular weight is 210 g/mol. The van der Waals surface area contributed by atoms with Gasteiger partial charge in [0.15, 0.2) is 0 Å². The third kappa shape index (κ3) is 2.26. The van der Waals surface area contributed by atoms with Gasteiger partial charge in [0.25, 0.3) is 0 Å². The van der Waals surface area contributed by atoms with Gasteiger partial charge in [-0.25, -0.2) is 4.79 Å². The predicted octanol–water partition coefficient (Wildman–Crippen LogP) is 1.22. The number of hydrogen-bond acceptors (Lipinski definition) is 4. The highest BCUT2D eigenvalue weighted by Crippen LogP contribution is 2.27. The number of esters is 2. The van der Waals surface area contributed by atoms with Crippen molar-refractivity contribution in [3.8, 4) is 0 Å². The van der Waals surface area contributed by atoms with E-state index in [2.05, 4.69) is 9.47 Å². The molecule has 82 valence electrons. The van der Waals surface area contributed by atoms with Crippen molar-refractivity contribution < 1.29 is 19.1 Å². The highest BCUT2D eigenvalue weighted by molar-refractivity contribution is 5.97. The number of carbonyl (C=O) groups excluding carboxylic acids is 2. The molecule has 0 saturated carbocycles. The molecule has 0 N–H and O–H groups in total. The number of carbonyl (C=O) groups is 2. The topological polar surface area (TPSA) is 52.6 Å². The lowest BCUT2D eigenvalue weighted by Gasteiger charge is -2.20. The zero-order valence-electron chi connectivity index (χ0n) is 9.07. The highest BCUT2D eigenvalue weighted by Gasteiger charge is 2.31. The molecule has 0 aliphatic heterocycles. The standard InChI is InChI=1S/C11H14O4/c1-7-5-4-6-8(10(12)14-2)9(7)11(13)15-3/h5-6,9H,4H2,1-3H3. The van der Waals surface area contributed by atoms with Crippen LogP contribution >= 0.6 is 0 Å². The van der Waals surface area contributed by atoms with E-state index in [0.717, 1.165) is 5.57 Å². The van der Waals surface area contributed by atoms with Gasteiger partial charge in [-0.05, 0) is 13.3 Å². The van der Waals surface area contributed by atoms with E-state index in [-0.39, 0.29) is 0 Å². The molecule has 0 spiro atoms. The second-order valence-electron chi connectivity index (χ2n) is 3.29. The molecule has 0 bridgehead atoms. The van der Waals surface area contributed by atoms with E-state index in [0.29, 0.717) is 12.0 Å². The fourth-order valence-corrected chi connectivity index (χ4v) is 1.60. The van der Waals surface area contributed by atoms with Gasteiger partial charge in [-0.3, -0.25) is 4.79 Å². The van der Waals surface area contributed by atoms with Crippen LogP contribution in [-0.2, 0) is 19.1 Å². The Balaban J connectivity index is 2.99. The lowest BCUT2D eigenvalue weighted by molar-refractivity contribution is -0.146. The van der Waals surface area contributed by atoms with E-state index in [1.165, 1.54) is 14.2 Å². The van der Waals surface area contributed by atoms with Gasteiger partial charge in [-0.15, -0.1) is 0 Å². The molecule has 4 nitrogen and oxygen atoms in total. The first-order valence-corrected chi connectivity index (χ1v) is 4.64. The molecule has 0 radical (unpaired) electrons. The molecular formula is C11H14O4. The summed E-state index contributed by atoms with van der Waals surface area (Å²) in [6.45, 7) is 1.80. The fourth-order valence-electron chi connectivity index (χ4n) is 1.60. The second kappa shape index (κ2) is 4.77. The smallest absolute Gasteiger partial charge is 0.334 e. The van der Waals surface area contributed by atoms with Crippen molar-refractivity contribution in [2.45, 2.75) is 13.3 Å². The lowest BCUT2D eigenvalue weighted by Crippen LogP contribution is -2.26. The lowest BCUT2D eigenvalue weighted by atomic mass is 9.87. The van der Waals surface area contributed by atoms with Crippen molar-refractivity contribution in [3.05, 3.63) is 23.3 Å². The molecule has 1 rings (SSSR count). The normalized spacial score (nSPS) is 20.1. The van der Waals surface area contributed by atoms with Crippen LogP contribution < -0.4 is 0 Å². The summed E-state index contributed by atoms with van der Waals surface area (Å²) >= 11 is 0. The summed E-state index contributed by atoms with van der Waals surface area (Å²) in [5.74, 6) is -1.52. The maximum absolute atomic E-state index is 11.5. The van der Waals surface area contributed by atoms with Crippen molar-refractivity contribution in [2.75, 3.05) is 14.2 Å². The van der Waals surface area contributed by atoms with Crippen LogP contribution in [-0.4, -0.2) is 26.2 Å². The Kier molecular flexibility index (Phi) is 3.66. The van der Waals surface area contributed by atoms with Gasteiger partial charge in [-0.2, -0.15) is 0 Å². The van der Waals surface area contributed by atoms with Gasteiger partial charge >= 0.3 is 11.9 Å². The van der Waals surface area contributed by atoms with Crippen LogP contribution in [0.3, 0.4) is 0 Å². The van der Waals surface area contributed by atoms with E-state index in [1.807, 2.05) is 6.08 Å². The Morgan fingerprint density at radius 1 is 1.27 bits per heavy atom. The third-order valence-corrected chi connectivity index (χ3v) is 2.40. The molecule has 1 unspecified atom stereocenters. The molecule has 0 aromatic heterocycles. The second-order valence-corrected chi connectivity index (χ2v) is 3.29. The molecule has 0 aromatic carbocycles. The first-order chi connectivity index (χ1) is 7.11.